The van der Waals surface area contributed by atoms with E-state index >= 15 is 0 Å². The van der Waals surface area contributed by atoms with Gasteiger partial charge in [-0.2, -0.15) is 11.8 Å². The lowest BCUT2D eigenvalue weighted by molar-refractivity contribution is 0.378. The Morgan fingerprint density at radius 1 is 1.45 bits per heavy atom. The minimum absolute atomic E-state index is 0.466. The first-order valence-corrected chi connectivity index (χ1v) is 5.83. The fraction of sp³-hybridized carbons (Fsp3) is 1.00. The van der Waals surface area contributed by atoms with Crippen LogP contribution in [-0.4, -0.2) is 17.5 Å². The van der Waals surface area contributed by atoms with Crippen LogP contribution in [0.15, 0.2) is 0 Å². The number of thioether (sulfide) groups is 1. The smallest absolute Gasteiger partial charge is 0.00648 e. The van der Waals surface area contributed by atoms with Crippen LogP contribution in [0.2, 0.25) is 0 Å². The van der Waals surface area contributed by atoms with Crippen LogP contribution in [-0.2, 0) is 0 Å². The highest BCUT2D eigenvalue weighted by molar-refractivity contribution is 7.99. The molecule has 1 rings (SSSR count). The normalized spacial score (nSPS) is 29.5. The molecule has 0 spiro atoms. The highest BCUT2D eigenvalue weighted by atomic mass is 32.2. The number of hydrogen-bond donors (Lipinski definition) is 1. The predicted octanol–water partition coefficient (Wildman–Crippen LogP) is 2.26. The Labute approximate surface area is 74.1 Å². The van der Waals surface area contributed by atoms with Crippen LogP contribution in [0.25, 0.3) is 0 Å². The van der Waals surface area contributed by atoms with Gasteiger partial charge in [0.15, 0.2) is 0 Å². The third-order valence-electron chi connectivity index (χ3n) is 2.57. The van der Waals surface area contributed by atoms with Gasteiger partial charge in [0.1, 0.15) is 0 Å². The lowest BCUT2D eigenvalue weighted by Crippen LogP contribution is -2.29. The second-order valence-corrected chi connectivity index (χ2v) is 4.60. The fourth-order valence-corrected chi connectivity index (χ4v) is 2.73. The van der Waals surface area contributed by atoms with Gasteiger partial charge in [-0.05, 0) is 43.1 Å². The summed E-state index contributed by atoms with van der Waals surface area (Å²) in [5.74, 6) is 3.50. The van der Waals surface area contributed by atoms with Crippen LogP contribution in [0, 0.1) is 5.92 Å². The molecule has 2 heteroatoms. The largest absolute Gasteiger partial charge is 0.327 e. The Morgan fingerprint density at radius 2 is 2.27 bits per heavy atom. The van der Waals surface area contributed by atoms with E-state index in [1.807, 2.05) is 0 Å². The molecule has 0 aromatic heterocycles. The molecule has 2 atom stereocenters. The van der Waals surface area contributed by atoms with Gasteiger partial charge in [0.2, 0.25) is 0 Å². The Bertz CT molecular complexity index is 97.7. The van der Waals surface area contributed by atoms with Crippen molar-refractivity contribution in [1.29, 1.82) is 0 Å². The van der Waals surface area contributed by atoms with E-state index in [-0.39, 0.29) is 0 Å². The number of hydrogen-bond acceptors (Lipinski definition) is 2. The molecule has 1 heterocycles. The van der Waals surface area contributed by atoms with E-state index in [4.69, 9.17) is 5.73 Å². The average Bonchev–Trinajstić information content (AvgIpc) is 2.30. The number of rotatable bonds is 2. The maximum Gasteiger partial charge on any atom is 0.00648 e. The van der Waals surface area contributed by atoms with Crippen LogP contribution in [0.1, 0.15) is 32.6 Å². The summed E-state index contributed by atoms with van der Waals surface area (Å²) in [5, 5.41) is 0. The molecular formula is C9H19NS. The Kier molecular flexibility index (Phi) is 4.31. The summed E-state index contributed by atoms with van der Waals surface area (Å²) in [7, 11) is 0. The first-order valence-electron chi connectivity index (χ1n) is 4.68. The van der Waals surface area contributed by atoms with E-state index in [9.17, 15) is 0 Å². The van der Waals surface area contributed by atoms with Gasteiger partial charge < -0.3 is 5.73 Å². The molecule has 0 aromatic carbocycles. The first kappa shape index (κ1) is 9.40. The molecular weight excluding hydrogens is 154 g/mol. The molecule has 0 saturated carbocycles. The summed E-state index contributed by atoms with van der Waals surface area (Å²) < 4.78 is 0. The zero-order valence-corrected chi connectivity index (χ0v) is 8.20. The molecule has 0 aromatic rings. The third-order valence-corrected chi connectivity index (χ3v) is 3.68. The molecule has 0 aliphatic carbocycles. The van der Waals surface area contributed by atoms with Crippen molar-refractivity contribution in [3.8, 4) is 0 Å². The van der Waals surface area contributed by atoms with Crippen molar-refractivity contribution in [2.24, 2.45) is 11.7 Å². The molecule has 1 aliphatic heterocycles. The van der Waals surface area contributed by atoms with Crippen molar-refractivity contribution in [1.82, 2.24) is 0 Å². The van der Waals surface area contributed by atoms with Crippen molar-refractivity contribution in [2.45, 2.75) is 38.6 Å². The highest BCUT2D eigenvalue weighted by Gasteiger charge is 2.17. The van der Waals surface area contributed by atoms with E-state index in [2.05, 4.69) is 18.7 Å². The molecule has 11 heavy (non-hydrogen) atoms. The van der Waals surface area contributed by atoms with E-state index < -0.39 is 0 Å². The predicted molar refractivity (Wildman–Crippen MR) is 52.9 cm³/mol. The first-order chi connectivity index (χ1) is 5.34. The standard InChI is InChI=1S/C9H19NS/c1-2-9(10)8-4-3-6-11-7-5-8/h8-9H,2-7,10H2,1H3/t8?,9-/m0/s1. The SMILES string of the molecule is CC[C@H](N)C1CCCSCC1. The van der Waals surface area contributed by atoms with Crippen LogP contribution in [0.4, 0.5) is 0 Å². The van der Waals surface area contributed by atoms with E-state index in [1.54, 1.807) is 0 Å². The van der Waals surface area contributed by atoms with Gasteiger partial charge in [-0.1, -0.05) is 6.92 Å². The summed E-state index contributed by atoms with van der Waals surface area (Å²) in [6, 6.07) is 0.466. The van der Waals surface area contributed by atoms with Gasteiger partial charge in [-0.15, -0.1) is 0 Å². The van der Waals surface area contributed by atoms with Gasteiger partial charge >= 0.3 is 0 Å². The van der Waals surface area contributed by atoms with Crippen molar-refractivity contribution in [3.05, 3.63) is 0 Å². The van der Waals surface area contributed by atoms with Gasteiger partial charge in [-0.3, -0.25) is 0 Å². The second kappa shape index (κ2) is 5.04. The molecule has 1 unspecified atom stereocenters. The molecule has 1 aliphatic rings. The average molecular weight is 173 g/mol. The summed E-state index contributed by atoms with van der Waals surface area (Å²) in [5.41, 5.74) is 6.01. The molecule has 1 saturated heterocycles. The van der Waals surface area contributed by atoms with Crippen LogP contribution < -0.4 is 5.73 Å². The van der Waals surface area contributed by atoms with Gasteiger partial charge in [0.25, 0.3) is 0 Å². The topological polar surface area (TPSA) is 26.0 Å². The van der Waals surface area contributed by atoms with E-state index in [1.165, 1.54) is 30.8 Å². The van der Waals surface area contributed by atoms with Crippen molar-refractivity contribution < 1.29 is 0 Å². The third kappa shape index (κ3) is 3.04. The maximum atomic E-state index is 6.01. The zero-order chi connectivity index (χ0) is 8.10. The minimum Gasteiger partial charge on any atom is -0.327 e. The summed E-state index contributed by atoms with van der Waals surface area (Å²) >= 11 is 2.09. The summed E-state index contributed by atoms with van der Waals surface area (Å²) in [6.07, 6.45) is 5.24. The molecule has 0 amide bonds. The lowest BCUT2D eigenvalue weighted by Gasteiger charge is -2.20. The van der Waals surface area contributed by atoms with Crippen LogP contribution in [0.5, 0.6) is 0 Å². The molecule has 1 fully saturated rings. The van der Waals surface area contributed by atoms with E-state index in [0.717, 1.165) is 12.3 Å². The molecule has 0 bridgehead atoms. The van der Waals surface area contributed by atoms with Crippen molar-refractivity contribution >= 4 is 11.8 Å². The van der Waals surface area contributed by atoms with Gasteiger partial charge in [-0.25, -0.2) is 0 Å². The maximum absolute atomic E-state index is 6.01. The highest BCUT2D eigenvalue weighted by Crippen LogP contribution is 2.24. The summed E-state index contributed by atoms with van der Waals surface area (Å²) in [4.78, 5) is 0. The number of nitrogens with two attached hydrogens (primary N) is 1. The monoisotopic (exact) mass is 173 g/mol. The minimum atomic E-state index is 0.466. The molecule has 2 N–H and O–H groups in total. The summed E-state index contributed by atoms with van der Waals surface area (Å²) in [6.45, 7) is 2.20. The van der Waals surface area contributed by atoms with Crippen LogP contribution >= 0.6 is 11.8 Å². The molecule has 1 nitrogen and oxygen atoms in total. The fourth-order valence-electron chi connectivity index (χ4n) is 1.69. The van der Waals surface area contributed by atoms with Crippen molar-refractivity contribution in [3.63, 3.8) is 0 Å². The van der Waals surface area contributed by atoms with Gasteiger partial charge in [0.05, 0.1) is 0 Å². The second-order valence-electron chi connectivity index (χ2n) is 3.38. The molecule has 0 radical (unpaired) electrons. The van der Waals surface area contributed by atoms with Crippen LogP contribution in [0.3, 0.4) is 0 Å². The van der Waals surface area contributed by atoms with E-state index in [0.29, 0.717) is 6.04 Å². The zero-order valence-electron chi connectivity index (χ0n) is 7.38. The Balaban J connectivity index is 2.30. The van der Waals surface area contributed by atoms with Gasteiger partial charge in [0, 0.05) is 6.04 Å². The lowest BCUT2D eigenvalue weighted by atomic mass is 9.91. The Hall–Kier alpha value is 0.310. The Morgan fingerprint density at radius 3 is 3.00 bits per heavy atom. The molecule has 66 valence electrons. The quantitative estimate of drug-likeness (QED) is 0.693. The van der Waals surface area contributed by atoms with Crippen molar-refractivity contribution in [2.75, 3.05) is 11.5 Å².